The van der Waals surface area contributed by atoms with Gasteiger partial charge in [0.05, 0.1) is 10.7 Å². The van der Waals surface area contributed by atoms with Gasteiger partial charge in [-0.25, -0.2) is 9.37 Å². The third kappa shape index (κ3) is 3.13. The Labute approximate surface area is 93.7 Å². The molecule has 15 heavy (non-hydrogen) atoms. The molecule has 0 atom stereocenters. The standard InChI is InChI=1S/C12H14FNS/c1-5-11(7-6-8(2)13)12-9(3)15-10(4)14-12/h5-7H,2H2,1,3-4H3/b7-6-,11-5+. The van der Waals surface area contributed by atoms with Crippen LogP contribution in [0.5, 0.6) is 0 Å². The van der Waals surface area contributed by atoms with Crippen LogP contribution >= 0.6 is 11.3 Å². The molecule has 0 unspecified atom stereocenters. The van der Waals surface area contributed by atoms with Crippen molar-refractivity contribution in [2.24, 2.45) is 0 Å². The zero-order valence-corrected chi connectivity index (χ0v) is 9.99. The molecule has 0 bridgehead atoms. The lowest BCUT2D eigenvalue weighted by atomic mass is 10.1. The fourth-order valence-electron chi connectivity index (χ4n) is 1.29. The SMILES string of the molecule is C=C(F)/C=C\C(=C/C)c1nc(C)sc1C. The van der Waals surface area contributed by atoms with Gasteiger partial charge in [-0.05, 0) is 32.4 Å². The van der Waals surface area contributed by atoms with Crippen molar-refractivity contribution in [2.75, 3.05) is 0 Å². The summed E-state index contributed by atoms with van der Waals surface area (Å²) in [6, 6.07) is 0. The average molecular weight is 223 g/mol. The topological polar surface area (TPSA) is 12.9 Å². The zero-order valence-electron chi connectivity index (χ0n) is 9.17. The number of hydrogen-bond donors (Lipinski definition) is 0. The molecule has 1 nitrogen and oxygen atoms in total. The third-order valence-electron chi connectivity index (χ3n) is 1.93. The van der Waals surface area contributed by atoms with E-state index in [2.05, 4.69) is 11.6 Å². The molecule has 1 heterocycles. The molecule has 1 aromatic rings. The van der Waals surface area contributed by atoms with Crippen LogP contribution in [0.4, 0.5) is 4.39 Å². The van der Waals surface area contributed by atoms with Crippen molar-refractivity contribution in [2.45, 2.75) is 20.8 Å². The second kappa shape index (κ2) is 5.03. The van der Waals surface area contributed by atoms with Crippen molar-refractivity contribution < 1.29 is 4.39 Å². The molecule has 80 valence electrons. The van der Waals surface area contributed by atoms with Gasteiger partial charge in [0.1, 0.15) is 5.83 Å². The predicted octanol–water partition coefficient (Wildman–Crippen LogP) is 4.20. The average Bonchev–Trinajstić information content (AvgIpc) is 2.46. The van der Waals surface area contributed by atoms with E-state index in [9.17, 15) is 4.39 Å². The lowest BCUT2D eigenvalue weighted by molar-refractivity contribution is 0.671. The van der Waals surface area contributed by atoms with E-state index in [-0.39, 0.29) is 0 Å². The number of aryl methyl sites for hydroxylation is 2. The first kappa shape index (κ1) is 11.9. The zero-order chi connectivity index (χ0) is 11.4. The van der Waals surface area contributed by atoms with Crippen molar-refractivity contribution in [3.05, 3.63) is 46.2 Å². The molecule has 0 saturated carbocycles. The fourth-order valence-corrected chi connectivity index (χ4v) is 2.13. The summed E-state index contributed by atoms with van der Waals surface area (Å²) in [5.74, 6) is -0.445. The van der Waals surface area contributed by atoms with E-state index in [0.717, 1.165) is 21.2 Å². The number of thiazole rings is 1. The molecular weight excluding hydrogens is 209 g/mol. The van der Waals surface area contributed by atoms with Gasteiger partial charge in [-0.1, -0.05) is 18.7 Å². The van der Waals surface area contributed by atoms with E-state index in [4.69, 9.17) is 0 Å². The summed E-state index contributed by atoms with van der Waals surface area (Å²) in [4.78, 5) is 5.55. The van der Waals surface area contributed by atoms with E-state index >= 15 is 0 Å². The van der Waals surface area contributed by atoms with Crippen LogP contribution in [-0.2, 0) is 0 Å². The van der Waals surface area contributed by atoms with E-state index in [1.165, 1.54) is 6.08 Å². The summed E-state index contributed by atoms with van der Waals surface area (Å²) in [6.45, 7) is 9.08. The largest absolute Gasteiger partial charge is 0.241 e. The van der Waals surface area contributed by atoms with Crippen LogP contribution in [0.25, 0.3) is 5.57 Å². The van der Waals surface area contributed by atoms with Crippen LogP contribution in [0.15, 0.2) is 30.6 Å². The highest BCUT2D eigenvalue weighted by Crippen LogP contribution is 2.24. The Kier molecular flexibility index (Phi) is 3.97. The molecule has 0 saturated heterocycles. The molecule has 0 aliphatic rings. The van der Waals surface area contributed by atoms with Gasteiger partial charge in [0, 0.05) is 4.88 Å². The molecule has 0 radical (unpaired) electrons. The van der Waals surface area contributed by atoms with Gasteiger partial charge < -0.3 is 0 Å². The van der Waals surface area contributed by atoms with Crippen molar-refractivity contribution >= 4 is 16.9 Å². The van der Waals surface area contributed by atoms with E-state index in [1.807, 2.05) is 26.8 Å². The van der Waals surface area contributed by atoms with Crippen molar-refractivity contribution in [1.29, 1.82) is 0 Å². The summed E-state index contributed by atoms with van der Waals surface area (Å²) >= 11 is 1.65. The first-order valence-corrected chi connectivity index (χ1v) is 5.49. The Morgan fingerprint density at radius 1 is 1.40 bits per heavy atom. The summed E-state index contributed by atoms with van der Waals surface area (Å²) in [7, 11) is 0. The second-order valence-electron chi connectivity index (χ2n) is 3.16. The first-order chi connectivity index (χ1) is 7.04. The monoisotopic (exact) mass is 223 g/mol. The fraction of sp³-hybridized carbons (Fsp3) is 0.250. The quantitative estimate of drug-likeness (QED) is 0.700. The highest BCUT2D eigenvalue weighted by atomic mass is 32.1. The van der Waals surface area contributed by atoms with E-state index in [0.29, 0.717) is 0 Å². The molecule has 0 spiro atoms. The minimum absolute atomic E-state index is 0.445. The smallest absolute Gasteiger partial charge is 0.116 e. The van der Waals surface area contributed by atoms with Gasteiger partial charge in [-0.3, -0.25) is 0 Å². The summed E-state index contributed by atoms with van der Waals surface area (Å²) in [5.41, 5.74) is 1.85. The van der Waals surface area contributed by atoms with Gasteiger partial charge in [0.25, 0.3) is 0 Å². The summed E-state index contributed by atoms with van der Waals surface area (Å²) in [6.07, 6.45) is 4.97. The Morgan fingerprint density at radius 2 is 2.07 bits per heavy atom. The number of aromatic nitrogens is 1. The molecule has 0 aliphatic heterocycles. The van der Waals surface area contributed by atoms with Gasteiger partial charge >= 0.3 is 0 Å². The van der Waals surface area contributed by atoms with E-state index < -0.39 is 5.83 Å². The summed E-state index contributed by atoms with van der Waals surface area (Å²) < 4.78 is 12.5. The number of halogens is 1. The van der Waals surface area contributed by atoms with E-state index in [1.54, 1.807) is 17.4 Å². The maximum absolute atomic E-state index is 12.5. The number of nitrogens with zero attached hydrogens (tertiary/aromatic N) is 1. The Hall–Kier alpha value is -1.22. The number of hydrogen-bond acceptors (Lipinski definition) is 2. The second-order valence-corrected chi connectivity index (χ2v) is 4.57. The molecule has 0 aromatic carbocycles. The van der Waals surface area contributed by atoms with Crippen LogP contribution in [0, 0.1) is 13.8 Å². The van der Waals surface area contributed by atoms with Crippen LogP contribution in [0.2, 0.25) is 0 Å². The highest BCUT2D eigenvalue weighted by Gasteiger charge is 2.06. The molecule has 0 fully saturated rings. The molecule has 0 N–H and O–H groups in total. The van der Waals surface area contributed by atoms with Gasteiger partial charge in [-0.2, -0.15) is 0 Å². The predicted molar refractivity (Wildman–Crippen MR) is 64.6 cm³/mol. The molecule has 0 amide bonds. The molecule has 1 rings (SSSR count). The maximum atomic E-state index is 12.5. The Bertz CT molecular complexity index is 427. The van der Waals surface area contributed by atoms with Crippen LogP contribution < -0.4 is 0 Å². The molecule has 3 heteroatoms. The highest BCUT2D eigenvalue weighted by molar-refractivity contribution is 7.11. The lowest BCUT2D eigenvalue weighted by Gasteiger charge is -1.97. The van der Waals surface area contributed by atoms with Crippen LogP contribution in [0.3, 0.4) is 0 Å². The van der Waals surface area contributed by atoms with Crippen LogP contribution in [0.1, 0.15) is 22.5 Å². The maximum Gasteiger partial charge on any atom is 0.116 e. The normalized spacial score (nSPS) is 12.4. The third-order valence-corrected chi connectivity index (χ3v) is 2.82. The minimum atomic E-state index is -0.445. The Balaban J connectivity index is 3.04. The van der Waals surface area contributed by atoms with Crippen LogP contribution in [-0.4, -0.2) is 4.98 Å². The first-order valence-electron chi connectivity index (χ1n) is 4.67. The van der Waals surface area contributed by atoms with Gasteiger partial charge in [0.2, 0.25) is 0 Å². The van der Waals surface area contributed by atoms with Crippen molar-refractivity contribution in [3.63, 3.8) is 0 Å². The van der Waals surface area contributed by atoms with Crippen molar-refractivity contribution in [3.8, 4) is 0 Å². The Morgan fingerprint density at radius 3 is 2.47 bits per heavy atom. The minimum Gasteiger partial charge on any atom is -0.241 e. The molecular formula is C12H14FNS. The van der Waals surface area contributed by atoms with Crippen molar-refractivity contribution in [1.82, 2.24) is 4.98 Å². The number of rotatable bonds is 3. The number of allylic oxidation sites excluding steroid dienone is 5. The molecule has 0 aliphatic carbocycles. The summed E-state index contributed by atoms with van der Waals surface area (Å²) in [5, 5.41) is 1.02. The lowest BCUT2D eigenvalue weighted by Crippen LogP contribution is -1.84. The molecule has 1 aromatic heterocycles. The van der Waals surface area contributed by atoms with Gasteiger partial charge in [0.15, 0.2) is 0 Å². The van der Waals surface area contributed by atoms with Gasteiger partial charge in [-0.15, -0.1) is 11.3 Å².